The Balaban J connectivity index is 1.60. The second kappa shape index (κ2) is 10.6. The molecular formula is C24H31F2N5O. The molecule has 3 rings (SSSR count). The van der Waals surface area contributed by atoms with Crippen LogP contribution in [0.15, 0.2) is 41.7 Å². The molecule has 2 N–H and O–H groups in total. The van der Waals surface area contributed by atoms with Gasteiger partial charge in [0.15, 0.2) is 17.6 Å². The fraction of sp³-hybridized carbons (Fsp3) is 0.500. The summed E-state index contributed by atoms with van der Waals surface area (Å²) < 4.78 is 26.7. The highest BCUT2D eigenvalue weighted by atomic mass is 19.2. The molecular weight excluding hydrogens is 412 g/mol. The molecule has 0 spiro atoms. The van der Waals surface area contributed by atoms with E-state index in [0.29, 0.717) is 18.4 Å². The predicted molar refractivity (Wildman–Crippen MR) is 120 cm³/mol. The Morgan fingerprint density at radius 1 is 1.09 bits per heavy atom. The molecule has 0 radical (unpaired) electrons. The maximum Gasteiger partial charge on any atom is 0.258 e. The summed E-state index contributed by atoms with van der Waals surface area (Å²) in [5, 5.41) is 6.10. The summed E-state index contributed by atoms with van der Waals surface area (Å²) in [4.78, 5) is 25.8. The smallest absolute Gasteiger partial charge is 0.258 e. The Morgan fingerprint density at radius 2 is 1.78 bits per heavy atom. The zero-order chi connectivity index (χ0) is 23.1. The van der Waals surface area contributed by atoms with Crippen LogP contribution in [0.2, 0.25) is 0 Å². The van der Waals surface area contributed by atoms with E-state index in [1.165, 1.54) is 6.07 Å². The molecule has 1 aromatic heterocycles. The van der Waals surface area contributed by atoms with Gasteiger partial charge in [0.1, 0.15) is 5.82 Å². The molecule has 1 heterocycles. The fourth-order valence-electron chi connectivity index (χ4n) is 3.65. The highest BCUT2D eigenvalue weighted by Crippen LogP contribution is 2.26. The zero-order valence-corrected chi connectivity index (χ0v) is 18.9. The molecule has 6 nitrogen and oxygen atoms in total. The summed E-state index contributed by atoms with van der Waals surface area (Å²) >= 11 is 0. The van der Waals surface area contributed by atoms with Crippen LogP contribution >= 0.6 is 0 Å². The lowest BCUT2D eigenvalue weighted by molar-refractivity contribution is 0.0974. The van der Waals surface area contributed by atoms with Gasteiger partial charge in [-0.05, 0) is 61.3 Å². The van der Waals surface area contributed by atoms with Gasteiger partial charge in [0.2, 0.25) is 0 Å². The molecule has 0 aliphatic heterocycles. The summed E-state index contributed by atoms with van der Waals surface area (Å²) in [6.07, 6.45) is 8.33. The number of benzene rings is 1. The summed E-state index contributed by atoms with van der Waals surface area (Å²) in [6, 6.07) is 5.08. The molecule has 0 unspecified atom stereocenters. The van der Waals surface area contributed by atoms with Gasteiger partial charge in [0, 0.05) is 37.0 Å². The van der Waals surface area contributed by atoms with E-state index in [1.807, 2.05) is 6.07 Å². The van der Waals surface area contributed by atoms with Crippen molar-refractivity contribution in [1.29, 1.82) is 0 Å². The van der Waals surface area contributed by atoms with Gasteiger partial charge in [-0.25, -0.2) is 18.7 Å². The average Bonchev–Trinajstić information content (AvgIpc) is 2.75. The van der Waals surface area contributed by atoms with E-state index in [0.717, 1.165) is 50.1 Å². The number of carbonyl (C=O) groups excluding carboxylic acids is 1. The largest absolute Gasteiger partial charge is 0.353 e. The molecule has 1 aromatic carbocycles. The summed E-state index contributed by atoms with van der Waals surface area (Å²) in [5.41, 5.74) is -0.0202. The summed E-state index contributed by atoms with van der Waals surface area (Å²) in [5.74, 6) is -0.806. The van der Waals surface area contributed by atoms with Gasteiger partial charge < -0.3 is 5.32 Å². The van der Waals surface area contributed by atoms with E-state index < -0.39 is 17.5 Å². The number of halogens is 2. The number of hydrogen-bond acceptors (Lipinski definition) is 4. The molecule has 1 aliphatic rings. The minimum absolute atomic E-state index is 0.0423. The maximum atomic E-state index is 13.5. The first-order chi connectivity index (χ1) is 15.2. The van der Waals surface area contributed by atoms with Gasteiger partial charge in [0.25, 0.3) is 5.91 Å². The van der Waals surface area contributed by atoms with Crippen molar-refractivity contribution >= 4 is 11.9 Å². The van der Waals surface area contributed by atoms with Gasteiger partial charge in [-0.3, -0.25) is 15.1 Å². The highest BCUT2D eigenvalue weighted by Gasteiger charge is 2.24. The summed E-state index contributed by atoms with van der Waals surface area (Å²) in [7, 11) is 0. The molecule has 0 saturated heterocycles. The molecule has 8 heteroatoms. The Bertz CT molecular complexity index is 935. The van der Waals surface area contributed by atoms with E-state index in [2.05, 4.69) is 46.4 Å². The number of nitrogens with zero attached hydrogens (tertiary/aromatic N) is 3. The Hall–Kier alpha value is -2.90. The van der Waals surface area contributed by atoms with Crippen molar-refractivity contribution in [1.82, 2.24) is 20.6 Å². The summed E-state index contributed by atoms with van der Waals surface area (Å²) in [6.45, 7) is 6.68. The minimum atomic E-state index is -1.06. The van der Waals surface area contributed by atoms with Crippen molar-refractivity contribution in [2.45, 2.75) is 58.9 Å². The SMILES string of the molecule is CC(C)(C)CN=C(NC(=O)c1ccc(F)c(F)c1)NC1CCC(Cc2ncccn2)CC1. The third kappa shape index (κ3) is 7.35. The maximum absolute atomic E-state index is 13.5. The molecule has 32 heavy (non-hydrogen) atoms. The molecule has 0 bridgehead atoms. The second-order valence-electron chi connectivity index (χ2n) is 9.54. The van der Waals surface area contributed by atoms with Gasteiger partial charge in [-0.15, -0.1) is 0 Å². The first kappa shape index (κ1) is 23.8. The fourth-order valence-corrected chi connectivity index (χ4v) is 3.65. The molecule has 1 aliphatic carbocycles. The quantitative estimate of drug-likeness (QED) is 0.534. The van der Waals surface area contributed by atoms with Crippen LogP contribution in [0, 0.1) is 23.0 Å². The molecule has 1 amide bonds. The number of aliphatic imine (C=N–C) groups is 1. The monoisotopic (exact) mass is 443 g/mol. The number of amides is 1. The van der Waals surface area contributed by atoms with Crippen LogP contribution in [0.1, 0.15) is 62.6 Å². The second-order valence-corrected chi connectivity index (χ2v) is 9.54. The van der Waals surface area contributed by atoms with Crippen LogP contribution in [0.3, 0.4) is 0 Å². The average molecular weight is 444 g/mol. The van der Waals surface area contributed by atoms with Crippen molar-refractivity contribution in [3.8, 4) is 0 Å². The van der Waals surface area contributed by atoms with Crippen LogP contribution in [-0.4, -0.2) is 34.4 Å². The van der Waals surface area contributed by atoms with Gasteiger partial charge in [-0.1, -0.05) is 20.8 Å². The van der Waals surface area contributed by atoms with Crippen molar-refractivity contribution in [3.63, 3.8) is 0 Å². The van der Waals surface area contributed by atoms with Gasteiger partial charge >= 0.3 is 0 Å². The zero-order valence-electron chi connectivity index (χ0n) is 18.9. The van der Waals surface area contributed by atoms with Crippen molar-refractivity contribution < 1.29 is 13.6 Å². The minimum Gasteiger partial charge on any atom is -0.353 e. The number of nitrogens with one attached hydrogen (secondary N) is 2. The lowest BCUT2D eigenvalue weighted by Gasteiger charge is -2.30. The van der Waals surface area contributed by atoms with Gasteiger partial charge in [0.05, 0.1) is 0 Å². The standard InChI is InChI=1S/C24H31F2N5O/c1-24(2,3)15-29-23(31-22(32)17-7-10-19(25)20(26)14-17)30-18-8-5-16(6-9-18)13-21-27-11-4-12-28-21/h4,7,10-12,14,16,18H,5-6,8-9,13,15H2,1-3H3,(H2,29,30,31,32). The first-order valence-electron chi connectivity index (χ1n) is 11.0. The highest BCUT2D eigenvalue weighted by molar-refractivity contribution is 6.05. The molecule has 2 aromatic rings. The van der Waals surface area contributed by atoms with E-state index in [-0.39, 0.29) is 17.0 Å². The Labute approximate surface area is 188 Å². The van der Waals surface area contributed by atoms with Crippen molar-refractivity contribution in [2.75, 3.05) is 6.54 Å². The Kier molecular flexibility index (Phi) is 7.88. The molecule has 1 fully saturated rings. The molecule has 172 valence electrons. The van der Waals surface area contributed by atoms with E-state index in [4.69, 9.17) is 0 Å². The number of carbonyl (C=O) groups is 1. The van der Waals surface area contributed by atoms with E-state index in [1.54, 1.807) is 12.4 Å². The van der Waals surface area contributed by atoms with Crippen LogP contribution < -0.4 is 10.6 Å². The van der Waals surface area contributed by atoms with E-state index in [9.17, 15) is 13.6 Å². The van der Waals surface area contributed by atoms with Crippen LogP contribution in [-0.2, 0) is 6.42 Å². The normalized spacial score (nSPS) is 19.5. The number of rotatable bonds is 5. The number of aromatic nitrogens is 2. The van der Waals surface area contributed by atoms with Crippen LogP contribution in [0.25, 0.3) is 0 Å². The van der Waals surface area contributed by atoms with Crippen LogP contribution in [0.4, 0.5) is 8.78 Å². The third-order valence-electron chi connectivity index (χ3n) is 5.40. The predicted octanol–water partition coefficient (Wildman–Crippen LogP) is 4.28. The van der Waals surface area contributed by atoms with E-state index >= 15 is 0 Å². The Morgan fingerprint density at radius 3 is 2.41 bits per heavy atom. The van der Waals surface area contributed by atoms with Gasteiger partial charge in [-0.2, -0.15) is 0 Å². The lowest BCUT2D eigenvalue weighted by Crippen LogP contribution is -2.47. The number of guanidine groups is 1. The number of hydrogen-bond donors (Lipinski definition) is 2. The van der Waals surface area contributed by atoms with Crippen LogP contribution in [0.5, 0.6) is 0 Å². The lowest BCUT2D eigenvalue weighted by atomic mass is 9.84. The van der Waals surface area contributed by atoms with Crippen molar-refractivity contribution in [3.05, 3.63) is 59.7 Å². The molecule has 0 atom stereocenters. The van der Waals surface area contributed by atoms with Crippen molar-refractivity contribution in [2.24, 2.45) is 16.3 Å². The topological polar surface area (TPSA) is 79.3 Å². The first-order valence-corrected chi connectivity index (χ1v) is 11.0. The molecule has 1 saturated carbocycles. The third-order valence-corrected chi connectivity index (χ3v) is 5.40.